The Balaban J connectivity index is 1.79. The van der Waals surface area contributed by atoms with Crippen LogP contribution in [0.5, 0.6) is 0 Å². The summed E-state index contributed by atoms with van der Waals surface area (Å²) in [5, 5.41) is 8.61. The van der Waals surface area contributed by atoms with Crippen molar-refractivity contribution in [3.05, 3.63) is 0 Å². The van der Waals surface area contributed by atoms with E-state index in [4.69, 9.17) is 9.84 Å². The van der Waals surface area contributed by atoms with E-state index < -0.39 is 5.97 Å². The molecule has 2 aliphatic rings. The van der Waals surface area contributed by atoms with Crippen LogP contribution in [0.3, 0.4) is 0 Å². The van der Waals surface area contributed by atoms with Gasteiger partial charge in [0.25, 0.3) is 0 Å². The second kappa shape index (κ2) is 7.11. The molecule has 0 bridgehead atoms. The molecule has 0 radical (unpaired) electrons. The van der Waals surface area contributed by atoms with Crippen molar-refractivity contribution in [3.63, 3.8) is 0 Å². The molecule has 0 atom stereocenters. The van der Waals surface area contributed by atoms with E-state index in [1.165, 1.54) is 12.8 Å². The largest absolute Gasteiger partial charge is 0.480 e. The van der Waals surface area contributed by atoms with Crippen molar-refractivity contribution in [1.82, 2.24) is 9.80 Å². The molecule has 0 spiro atoms. The lowest BCUT2D eigenvalue weighted by molar-refractivity contribution is -0.145. The van der Waals surface area contributed by atoms with E-state index in [1.807, 2.05) is 9.80 Å². The van der Waals surface area contributed by atoms with Crippen molar-refractivity contribution < 1.29 is 19.4 Å². The first-order valence-electron chi connectivity index (χ1n) is 7.86. The molecule has 6 heteroatoms. The van der Waals surface area contributed by atoms with Gasteiger partial charge in [0.05, 0.1) is 6.10 Å². The molecule has 1 N–H and O–H groups in total. The lowest BCUT2D eigenvalue weighted by atomic mass is 10.1. The van der Waals surface area contributed by atoms with Crippen molar-refractivity contribution in [3.8, 4) is 0 Å². The van der Waals surface area contributed by atoms with Gasteiger partial charge in [0.1, 0.15) is 6.61 Å². The number of carboxylic acid groups (broad SMARTS) is 1. The minimum Gasteiger partial charge on any atom is -0.480 e. The summed E-state index contributed by atoms with van der Waals surface area (Å²) in [5.41, 5.74) is 0. The summed E-state index contributed by atoms with van der Waals surface area (Å²) >= 11 is 0. The van der Waals surface area contributed by atoms with Gasteiger partial charge in [-0.15, -0.1) is 0 Å². The molecule has 2 rings (SSSR count). The number of ether oxygens (including phenoxy) is 1. The van der Waals surface area contributed by atoms with E-state index >= 15 is 0 Å². The van der Waals surface area contributed by atoms with Crippen molar-refractivity contribution in [2.24, 2.45) is 5.92 Å². The third-order valence-electron chi connectivity index (χ3n) is 4.18. The SMILES string of the molecule is CC(C)N(CC1CC1)C(=O)N1CCC(OCC(=O)O)CC1. The van der Waals surface area contributed by atoms with Gasteiger partial charge in [-0.25, -0.2) is 9.59 Å². The standard InChI is InChI=1S/C15H26N2O4/c1-11(2)17(9-12-3-4-12)15(20)16-7-5-13(6-8-16)21-10-14(18)19/h11-13H,3-10H2,1-2H3,(H,18,19). The number of aliphatic carboxylic acids is 1. The summed E-state index contributed by atoms with van der Waals surface area (Å²) in [5.74, 6) is -0.253. The fourth-order valence-corrected chi connectivity index (χ4v) is 2.67. The van der Waals surface area contributed by atoms with E-state index in [1.54, 1.807) is 0 Å². The Morgan fingerprint density at radius 3 is 2.33 bits per heavy atom. The topological polar surface area (TPSA) is 70.1 Å². The molecule has 2 fully saturated rings. The van der Waals surface area contributed by atoms with Crippen LogP contribution in [-0.2, 0) is 9.53 Å². The average Bonchev–Trinajstić information content (AvgIpc) is 3.26. The van der Waals surface area contributed by atoms with Crippen molar-refractivity contribution in [2.45, 2.75) is 51.7 Å². The molecule has 120 valence electrons. The average molecular weight is 298 g/mol. The Morgan fingerprint density at radius 1 is 1.24 bits per heavy atom. The first-order chi connectivity index (χ1) is 9.97. The molecule has 1 heterocycles. The predicted molar refractivity (Wildman–Crippen MR) is 78.1 cm³/mol. The number of likely N-dealkylation sites (tertiary alicyclic amines) is 1. The van der Waals surface area contributed by atoms with Crippen LogP contribution < -0.4 is 0 Å². The number of nitrogens with zero attached hydrogens (tertiary/aromatic N) is 2. The smallest absolute Gasteiger partial charge is 0.329 e. The Hall–Kier alpha value is -1.30. The minimum absolute atomic E-state index is 0.0407. The number of carbonyl (C=O) groups is 2. The molecule has 0 unspecified atom stereocenters. The van der Waals surface area contributed by atoms with Crippen LogP contribution in [-0.4, -0.2) is 65.3 Å². The molecule has 1 saturated heterocycles. The summed E-state index contributed by atoms with van der Waals surface area (Å²) in [6.07, 6.45) is 3.87. The zero-order chi connectivity index (χ0) is 15.4. The molecule has 1 aliphatic heterocycles. The quantitative estimate of drug-likeness (QED) is 0.811. The molecule has 6 nitrogen and oxygen atoms in total. The van der Waals surface area contributed by atoms with Gasteiger partial charge in [0.2, 0.25) is 0 Å². The highest BCUT2D eigenvalue weighted by Crippen LogP contribution is 2.31. The number of amides is 2. The number of hydrogen-bond acceptors (Lipinski definition) is 3. The van der Waals surface area contributed by atoms with E-state index in [9.17, 15) is 9.59 Å². The van der Waals surface area contributed by atoms with Crippen LogP contribution in [0.2, 0.25) is 0 Å². The van der Waals surface area contributed by atoms with Crippen molar-refractivity contribution in [2.75, 3.05) is 26.2 Å². The number of rotatable bonds is 6. The monoisotopic (exact) mass is 298 g/mol. The highest BCUT2D eigenvalue weighted by atomic mass is 16.5. The molecule has 0 aromatic rings. The molecule has 0 aromatic heterocycles. The normalized spacial score (nSPS) is 19.9. The first kappa shape index (κ1) is 16.1. The zero-order valence-electron chi connectivity index (χ0n) is 13.0. The zero-order valence-corrected chi connectivity index (χ0v) is 13.0. The van der Waals surface area contributed by atoms with Gasteiger partial charge >= 0.3 is 12.0 Å². The van der Waals surface area contributed by atoms with Gasteiger partial charge in [-0.2, -0.15) is 0 Å². The number of urea groups is 1. The van der Waals surface area contributed by atoms with Crippen molar-refractivity contribution >= 4 is 12.0 Å². The van der Waals surface area contributed by atoms with Gasteiger partial charge in [0.15, 0.2) is 0 Å². The summed E-state index contributed by atoms with van der Waals surface area (Å²) < 4.78 is 5.30. The van der Waals surface area contributed by atoms with Gasteiger partial charge < -0.3 is 19.6 Å². The minimum atomic E-state index is -0.941. The first-order valence-corrected chi connectivity index (χ1v) is 7.86. The van der Waals surface area contributed by atoms with Gasteiger partial charge in [-0.05, 0) is 45.4 Å². The Labute approximate surface area is 126 Å². The Morgan fingerprint density at radius 2 is 1.86 bits per heavy atom. The molecule has 0 aromatic carbocycles. The third-order valence-corrected chi connectivity index (χ3v) is 4.18. The number of carboxylic acids is 1. The van der Waals surface area contributed by atoms with E-state index in [2.05, 4.69) is 13.8 Å². The van der Waals surface area contributed by atoms with Crippen molar-refractivity contribution in [1.29, 1.82) is 0 Å². The Kier molecular flexibility index (Phi) is 5.45. The maximum Gasteiger partial charge on any atom is 0.329 e. The second-order valence-corrected chi connectivity index (χ2v) is 6.36. The van der Waals surface area contributed by atoms with Crippen LogP contribution in [0.25, 0.3) is 0 Å². The molecule has 1 aliphatic carbocycles. The Bertz CT molecular complexity index is 374. The van der Waals surface area contributed by atoms with E-state index in [-0.39, 0.29) is 24.8 Å². The van der Waals surface area contributed by atoms with Crippen LogP contribution in [0.1, 0.15) is 39.5 Å². The fourth-order valence-electron chi connectivity index (χ4n) is 2.67. The summed E-state index contributed by atoms with van der Waals surface area (Å²) in [7, 11) is 0. The maximum atomic E-state index is 12.6. The van der Waals surface area contributed by atoms with E-state index in [0.29, 0.717) is 31.8 Å². The van der Waals surface area contributed by atoms with Crippen LogP contribution in [0.15, 0.2) is 0 Å². The number of hydrogen-bond donors (Lipinski definition) is 1. The highest BCUT2D eigenvalue weighted by Gasteiger charge is 2.32. The van der Waals surface area contributed by atoms with E-state index in [0.717, 1.165) is 6.54 Å². The predicted octanol–water partition coefficient (Wildman–Crippen LogP) is 1.79. The lowest BCUT2D eigenvalue weighted by Gasteiger charge is -2.37. The maximum absolute atomic E-state index is 12.6. The van der Waals surface area contributed by atoms with Crippen LogP contribution >= 0.6 is 0 Å². The summed E-state index contributed by atoms with van der Waals surface area (Å²) in [6, 6.07) is 0.340. The lowest BCUT2D eigenvalue weighted by Crippen LogP contribution is -2.50. The van der Waals surface area contributed by atoms with Crippen LogP contribution in [0.4, 0.5) is 4.79 Å². The molecule has 2 amide bonds. The third kappa shape index (κ3) is 4.88. The second-order valence-electron chi connectivity index (χ2n) is 6.36. The number of piperidine rings is 1. The fraction of sp³-hybridized carbons (Fsp3) is 0.867. The molecular formula is C15H26N2O4. The van der Waals surface area contributed by atoms with Gasteiger partial charge in [-0.3, -0.25) is 0 Å². The summed E-state index contributed by atoms with van der Waals surface area (Å²) in [4.78, 5) is 26.9. The molecular weight excluding hydrogens is 272 g/mol. The number of carbonyl (C=O) groups excluding carboxylic acids is 1. The molecule has 1 saturated carbocycles. The van der Waals surface area contributed by atoms with Gasteiger partial charge in [0, 0.05) is 25.7 Å². The summed E-state index contributed by atoms with van der Waals surface area (Å²) in [6.45, 7) is 6.03. The molecule has 21 heavy (non-hydrogen) atoms. The highest BCUT2D eigenvalue weighted by molar-refractivity contribution is 5.75. The van der Waals surface area contributed by atoms with Gasteiger partial charge in [-0.1, -0.05) is 0 Å². The van der Waals surface area contributed by atoms with Crippen LogP contribution in [0, 0.1) is 5.92 Å².